The molecule has 3 nitrogen and oxygen atoms in total. The molecular weight excluding hydrogens is 413 g/mol. The maximum absolute atomic E-state index is 7.07. The Balaban J connectivity index is 2.68. The monoisotopic (exact) mass is 446 g/mol. The van der Waals surface area contributed by atoms with Gasteiger partial charge in [-0.05, 0) is 56.2 Å². The lowest BCUT2D eigenvalue weighted by Gasteiger charge is -2.43. The lowest BCUT2D eigenvalue weighted by molar-refractivity contribution is 0.344. The highest BCUT2D eigenvalue weighted by atomic mass is 28.5. The summed E-state index contributed by atoms with van der Waals surface area (Å²) in [7, 11) is -9.38. The second kappa shape index (κ2) is 8.74. The summed E-state index contributed by atoms with van der Waals surface area (Å²) >= 11 is 0. The molecule has 2 aromatic carbocycles. The molecule has 0 aliphatic carbocycles. The van der Waals surface area contributed by atoms with Gasteiger partial charge in [-0.1, -0.05) is 66.4 Å². The Bertz CT molecular complexity index is 732. The molecule has 152 valence electrons. The van der Waals surface area contributed by atoms with Crippen LogP contribution in [0.4, 0.5) is 0 Å². The van der Waals surface area contributed by atoms with Crippen LogP contribution in [0.25, 0.3) is 0 Å². The largest absolute Gasteiger partial charge is 0.437 e. The molecule has 0 saturated heterocycles. The maximum Gasteiger partial charge on any atom is 0.388 e. The van der Waals surface area contributed by atoms with Gasteiger partial charge in [-0.15, -0.1) is 6.58 Å². The number of benzene rings is 2. The molecule has 0 amide bonds. The third-order valence-electron chi connectivity index (χ3n) is 4.15. The highest BCUT2D eigenvalue weighted by Gasteiger charge is 2.51. The fraction of sp³-hybridized carbons (Fsp3) is 0.333. The minimum atomic E-state index is -2.99. The summed E-state index contributed by atoms with van der Waals surface area (Å²) in [6.45, 7) is 19.3. The summed E-state index contributed by atoms with van der Waals surface area (Å²) in [4.78, 5) is 0. The fourth-order valence-electron chi connectivity index (χ4n) is 3.25. The second-order valence-electron chi connectivity index (χ2n) is 8.97. The molecule has 0 aliphatic heterocycles. The fourth-order valence-corrected chi connectivity index (χ4v) is 19.8. The van der Waals surface area contributed by atoms with Crippen molar-refractivity contribution >= 4 is 44.1 Å². The summed E-state index contributed by atoms with van der Waals surface area (Å²) in [5, 5.41) is 2.23. The molecule has 0 aromatic heterocycles. The Labute approximate surface area is 175 Å². The maximum atomic E-state index is 7.07. The first-order valence-electron chi connectivity index (χ1n) is 9.74. The van der Waals surface area contributed by atoms with Gasteiger partial charge in [0.25, 0.3) is 0 Å². The van der Waals surface area contributed by atoms with E-state index in [1.807, 2.05) is 17.8 Å². The summed E-state index contributed by atoms with van der Waals surface area (Å²) in [5.41, 5.74) is 1.98. The van der Waals surface area contributed by atoms with E-state index in [0.717, 1.165) is 10.4 Å². The van der Waals surface area contributed by atoms with E-state index in [0.29, 0.717) is 0 Å². The van der Waals surface area contributed by atoms with E-state index < -0.39 is 33.8 Å². The minimum absolute atomic E-state index is 1.11. The first kappa shape index (κ1) is 23.2. The van der Waals surface area contributed by atoms with Crippen molar-refractivity contribution in [1.29, 1.82) is 0 Å². The van der Waals surface area contributed by atoms with E-state index in [1.54, 1.807) is 0 Å². The first-order chi connectivity index (χ1) is 12.9. The van der Waals surface area contributed by atoms with E-state index in [-0.39, 0.29) is 0 Å². The standard InChI is InChI=1S/C21H34O3Si4/c1-9-26(5,6)23-28(20-16-12-10-13-17-20,21-18-14-11-15-19-21)24-27(7,8)22-25(2,3)4/h9-19H,1H2,2-8H3. The minimum Gasteiger partial charge on any atom is -0.437 e. The Morgan fingerprint density at radius 2 is 1.07 bits per heavy atom. The van der Waals surface area contributed by atoms with Crippen molar-refractivity contribution in [2.45, 2.75) is 45.8 Å². The van der Waals surface area contributed by atoms with Gasteiger partial charge in [0.05, 0.1) is 0 Å². The van der Waals surface area contributed by atoms with Gasteiger partial charge in [-0.25, -0.2) is 0 Å². The molecular formula is C21H34O3Si4. The van der Waals surface area contributed by atoms with Crippen LogP contribution in [-0.2, 0) is 12.3 Å². The zero-order valence-corrected chi connectivity index (χ0v) is 22.3. The van der Waals surface area contributed by atoms with Crippen molar-refractivity contribution in [3.63, 3.8) is 0 Å². The summed E-state index contributed by atoms with van der Waals surface area (Å²) in [6.07, 6.45) is 0. The number of hydrogen-bond acceptors (Lipinski definition) is 3. The normalized spacial score (nSPS) is 13.4. The van der Waals surface area contributed by atoms with Crippen LogP contribution in [0.15, 0.2) is 72.9 Å². The lowest BCUT2D eigenvalue weighted by atomic mass is 10.4. The van der Waals surface area contributed by atoms with Gasteiger partial charge in [0.1, 0.15) is 0 Å². The molecule has 7 heteroatoms. The molecule has 0 radical (unpaired) electrons. The van der Waals surface area contributed by atoms with Crippen LogP contribution in [-0.4, -0.2) is 33.8 Å². The molecule has 0 atom stereocenters. The van der Waals surface area contributed by atoms with Crippen LogP contribution < -0.4 is 10.4 Å². The van der Waals surface area contributed by atoms with Gasteiger partial charge in [-0.3, -0.25) is 0 Å². The highest BCUT2D eigenvalue weighted by molar-refractivity contribution is 7.03. The molecule has 2 rings (SSSR count). The molecule has 0 bridgehead atoms. The summed E-state index contributed by atoms with van der Waals surface area (Å²) in [6, 6.07) is 20.8. The molecule has 28 heavy (non-hydrogen) atoms. The van der Waals surface area contributed by atoms with E-state index in [9.17, 15) is 0 Å². The Morgan fingerprint density at radius 1 is 0.643 bits per heavy atom. The zero-order valence-electron chi connectivity index (χ0n) is 18.3. The third kappa shape index (κ3) is 6.21. The first-order valence-corrected chi connectivity index (χ1v) is 20.8. The zero-order chi connectivity index (χ0) is 21.1. The van der Waals surface area contributed by atoms with Crippen molar-refractivity contribution in [2.24, 2.45) is 0 Å². The van der Waals surface area contributed by atoms with Gasteiger partial charge in [0.2, 0.25) is 8.32 Å². The van der Waals surface area contributed by atoms with Gasteiger partial charge >= 0.3 is 17.1 Å². The molecule has 0 heterocycles. The molecule has 0 fully saturated rings. The topological polar surface area (TPSA) is 27.7 Å². The van der Waals surface area contributed by atoms with Crippen molar-refractivity contribution in [3.8, 4) is 0 Å². The van der Waals surface area contributed by atoms with Crippen molar-refractivity contribution in [2.75, 3.05) is 0 Å². The lowest BCUT2D eigenvalue weighted by Crippen LogP contribution is -2.71. The molecule has 2 aromatic rings. The van der Waals surface area contributed by atoms with Gasteiger partial charge < -0.3 is 12.3 Å². The summed E-state index contributed by atoms with van der Waals surface area (Å²) in [5.74, 6) is 0. The average molecular weight is 447 g/mol. The van der Waals surface area contributed by atoms with E-state index in [4.69, 9.17) is 12.3 Å². The molecule has 0 saturated carbocycles. The number of hydrogen-bond donors (Lipinski definition) is 0. The van der Waals surface area contributed by atoms with Gasteiger partial charge in [0, 0.05) is 0 Å². The Morgan fingerprint density at radius 3 is 1.43 bits per heavy atom. The summed E-state index contributed by atoms with van der Waals surface area (Å²) < 4.78 is 20.6. The molecule has 0 aliphatic rings. The van der Waals surface area contributed by atoms with Crippen LogP contribution in [0.2, 0.25) is 45.8 Å². The van der Waals surface area contributed by atoms with E-state index in [1.165, 1.54) is 0 Å². The SMILES string of the molecule is C=C[Si](C)(C)O[Si](O[Si](C)(C)O[Si](C)(C)C)(c1ccccc1)c1ccccc1. The molecule has 0 spiro atoms. The Hall–Kier alpha value is -1.07. The van der Waals surface area contributed by atoms with E-state index >= 15 is 0 Å². The third-order valence-corrected chi connectivity index (χ3v) is 18.1. The quantitative estimate of drug-likeness (QED) is 0.520. The second-order valence-corrected chi connectivity index (χ2v) is 24.5. The molecule has 0 N–H and O–H groups in total. The number of rotatable bonds is 9. The van der Waals surface area contributed by atoms with Crippen LogP contribution in [0.1, 0.15) is 0 Å². The predicted octanol–water partition coefficient (Wildman–Crippen LogP) is 4.76. The average Bonchev–Trinajstić information content (AvgIpc) is 2.60. The van der Waals surface area contributed by atoms with Gasteiger partial charge in [-0.2, -0.15) is 0 Å². The molecule has 0 unspecified atom stereocenters. The Kier molecular flexibility index (Phi) is 7.25. The van der Waals surface area contributed by atoms with Crippen LogP contribution in [0, 0.1) is 0 Å². The predicted molar refractivity (Wildman–Crippen MR) is 130 cm³/mol. The van der Waals surface area contributed by atoms with Crippen LogP contribution >= 0.6 is 0 Å². The van der Waals surface area contributed by atoms with Crippen molar-refractivity contribution < 1.29 is 12.3 Å². The van der Waals surface area contributed by atoms with Crippen LogP contribution in [0.3, 0.4) is 0 Å². The van der Waals surface area contributed by atoms with Crippen molar-refractivity contribution in [1.82, 2.24) is 0 Å². The van der Waals surface area contributed by atoms with Crippen LogP contribution in [0.5, 0.6) is 0 Å². The van der Waals surface area contributed by atoms with Gasteiger partial charge in [0.15, 0.2) is 8.32 Å². The highest BCUT2D eigenvalue weighted by Crippen LogP contribution is 2.24. The van der Waals surface area contributed by atoms with Crippen molar-refractivity contribution in [3.05, 3.63) is 72.9 Å². The smallest absolute Gasteiger partial charge is 0.388 e. The van der Waals surface area contributed by atoms with E-state index in [2.05, 4.69) is 101 Å².